The Kier molecular flexibility index (Phi) is 5.29. The van der Waals surface area contributed by atoms with Crippen LogP contribution in [-0.2, 0) is 16.0 Å². The van der Waals surface area contributed by atoms with Crippen molar-refractivity contribution in [2.24, 2.45) is 0 Å². The summed E-state index contributed by atoms with van der Waals surface area (Å²) in [6, 6.07) is 28.6. The first kappa shape index (κ1) is 19.6. The smallest absolute Gasteiger partial charge is 0.242 e. The van der Waals surface area contributed by atoms with E-state index in [9.17, 15) is 9.59 Å². The summed E-state index contributed by atoms with van der Waals surface area (Å²) in [5, 5.41) is 0. The Morgan fingerprint density at radius 3 is 2.16 bits per heavy atom. The van der Waals surface area contributed by atoms with Crippen LogP contribution in [0.1, 0.15) is 40.6 Å². The minimum Gasteiger partial charge on any atom is -0.332 e. The molecule has 0 N–H and O–H groups in total. The molecule has 156 valence electrons. The quantitative estimate of drug-likeness (QED) is 0.648. The molecule has 2 heterocycles. The maximum absolute atomic E-state index is 13.4. The second-order valence-electron chi connectivity index (χ2n) is 8.40. The number of hydrogen-bond acceptors (Lipinski definition) is 2. The maximum Gasteiger partial charge on any atom is 0.242 e. The summed E-state index contributed by atoms with van der Waals surface area (Å²) in [6.45, 7) is 1.48. The summed E-state index contributed by atoms with van der Waals surface area (Å²) in [5.74, 6) is 0.0607. The topological polar surface area (TPSA) is 40.6 Å². The van der Waals surface area contributed by atoms with E-state index in [1.54, 1.807) is 4.90 Å². The molecule has 1 atom stereocenters. The predicted octanol–water partition coefficient (Wildman–Crippen LogP) is 4.18. The van der Waals surface area contributed by atoms with Crippen molar-refractivity contribution in [3.63, 3.8) is 0 Å². The fourth-order valence-corrected chi connectivity index (χ4v) is 4.97. The molecule has 3 aromatic carbocycles. The second kappa shape index (κ2) is 8.38. The van der Waals surface area contributed by atoms with Crippen LogP contribution in [0, 0.1) is 0 Å². The molecule has 1 saturated heterocycles. The van der Waals surface area contributed by atoms with Crippen LogP contribution < -0.4 is 0 Å². The zero-order chi connectivity index (χ0) is 21.2. The molecule has 0 bridgehead atoms. The SMILES string of the molecule is O=C(CC(c1ccccc1)c1ccccc1)N1CC(=O)N2CCc3ccccc3C2C1. The molecule has 2 aliphatic heterocycles. The Morgan fingerprint density at radius 1 is 0.871 bits per heavy atom. The van der Waals surface area contributed by atoms with E-state index in [2.05, 4.69) is 36.4 Å². The molecule has 0 saturated carbocycles. The molecule has 5 rings (SSSR count). The molecule has 3 aromatic rings. The molecule has 4 heteroatoms. The average Bonchev–Trinajstić information content (AvgIpc) is 2.83. The number of carbonyl (C=O) groups excluding carboxylic acids is 2. The highest BCUT2D eigenvalue weighted by atomic mass is 16.2. The highest BCUT2D eigenvalue weighted by Crippen LogP contribution is 2.34. The van der Waals surface area contributed by atoms with Crippen LogP contribution in [0.4, 0.5) is 0 Å². The van der Waals surface area contributed by atoms with E-state index in [1.165, 1.54) is 11.1 Å². The molecule has 0 aliphatic carbocycles. The number of piperazine rings is 1. The highest BCUT2D eigenvalue weighted by molar-refractivity contribution is 5.87. The first-order chi connectivity index (χ1) is 15.2. The molecule has 0 radical (unpaired) electrons. The molecule has 0 aromatic heterocycles. The average molecular weight is 411 g/mol. The van der Waals surface area contributed by atoms with Gasteiger partial charge in [0.1, 0.15) is 0 Å². The van der Waals surface area contributed by atoms with Crippen molar-refractivity contribution < 1.29 is 9.59 Å². The molecule has 1 fully saturated rings. The van der Waals surface area contributed by atoms with Crippen molar-refractivity contribution >= 4 is 11.8 Å². The lowest BCUT2D eigenvalue weighted by atomic mass is 9.87. The standard InChI is InChI=1S/C27H26N2O2/c30-26(17-24(20-9-3-1-4-10-20)21-11-5-2-6-12-21)28-18-25-23-14-8-7-13-22(23)15-16-29(25)27(31)19-28/h1-14,24-25H,15-19H2. The van der Waals surface area contributed by atoms with Crippen molar-refractivity contribution in [3.8, 4) is 0 Å². The third-order valence-corrected chi connectivity index (χ3v) is 6.59. The van der Waals surface area contributed by atoms with Crippen LogP contribution in [0.25, 0.3) is 0 Å². The molecular weight excluding hydrogens is 384 g/mol. The highest BCUT2D eigenvalue weighted by Gasteiger charge is 2.38. The van der Waals surface area contributed by atoms with Gasteiger partial charge in [0.2, 0.25) is 11.8 Å². The van der Waals surface area contributed by atoms with E-state index < -0.39 is 0 Å². The number of nitrogens with zero attached hydrogens (tertiary/aromatic N) is 2. The van der Waals surface area contributed by atoms with Crippen molar-refractivity contribution in [3.05, 3.63) is 107 Å². The molecule has 31 heavy (non-hydrogen) atoms. The van der Waals surface area contributed by atoms with Gasteiger partial charge in [0, 0.05) is 25.4 Å². The van der Waals surface area contributed by atoms with E-state index in [1.807, 2.05) is 53.4 Å². The van der Waals surface area contributed by atoms with Crippen LogP contribution in [0.2, 0.25) is 0 Å². The van der Waals surface area contributed by atoms with Gasteiger partial charge in [-0.15, -0.1) is 0 Å². The van der Waals surface area contributed by atoms with E-state index in [0.29, 0.717) is 13.0 Å². The van der Waals surface area contributed by atoms with Crippen molar-refractivity contribution in [1.82, 2.24) is 9.80 Å². The molecule has 2 amide bonds. The third-order valence-electron chi connectivity index (χ3n) is 6.59. The summed E-state index contributed by atoms with van der Waals surface area (Å²) in [4.78, 5) is 30.1. The summed E-state index contributed by atoms with van der Waals surface area (Å²) >= 11 is 0. The predicted molar refractivity (Wildman–Crippen MR) is 121 cm³/mol. The fraction of sp³-hybridized carbons (Fsp3) is 0.259. The van der Waals surface area contributed by atoms with E-state index >= 15 is 0 Å². The van der Waals surface area contributed by atoms with Crippen molar-refractivity contribution in [2.45, 2.75) is 24.8 Å². The fourth-order valence-electron chi connectivity index (χ4n) is 4.97. The second-order valence-corrected chi connectivity index (χ2v) is 8.40. The minimum absolute atomic E-state index is 0.0262. The van der Waals surface area contributed by atoms with Gasteiger partial charge in [-0.1, -0.05) is 84.9 Å². The van der Waals surface area contributed by atoms with Gasteiger partial charge in [0.25, 0.3) is 0 Å². The van der Waals surface area contributed by atoms with Crippen LogP contribution in [0.3, 0.4) is 0 Å². The van der Waals surface area contributed by atoms with Gasteiger partial charge < -0.3 is 9.80 Å². The molecular formula is C27H26N2O2. The first-order valence-electron chi connectivity index (χ1n) is 11.0. The lowest BCUT2D eigenvalue weighted by Crippen LogP contribution is -2.55. The number of hydrogen-bond donors (Lipinski definition) is 0. The number of benzene rings is 3. The summed E-state index contributed by atoms with van der Waals surface area (Å²) in [7, 11) is 0. The van der Waals surface area contributed by atoms with Gasteiger partial charge >= 0.3 is 0 Å². The van der Waals surface area contributed by atoms with Crippen LogP contribution >= 0.6 is 0 Å². The zero-order valence-corrected chi connectivity index (χ0v) is 17.5. The Bertz CT molecular complexity index is 1040. The van der Waals surface area contributed by atoms with Gasteiger partial charge in [-0.25, -0.2) is 0 Å². The van der Waals surface area contributed by atoms with Gasteiger partial charge in [-0.3, -0.25) is 9.59 Å². The molecule has 4 nitrogen and oxygen atoms in total. The van der Waals surface area contributed by atoms with E-state index in [4.69, 9.17) is 0 Å². The number of amides is 2. The Labute approximate surface area is 183 Å². The van der Waals surface area contributed by atoms with Gasteiger partial charge in [-0.2, -0.15) is 0 Å². The van der Waals surface area contributed by atoms with Gasteiger partial charge in [0.15, 0.2) is 0 Å². The molecule has 1 unspecified atom stereocenters. The Morgan fingerprint density at radius 2 is 1.48 bits per heavy atom. The normalized spacial score (nSPS) is 18.0. The van der Waals surface area contributed by atoms with E-state index in [0.717, 1.165) is 24.1 Å². The summed E-state index contributed by atoms with van der Waals surface area (Å²) in [6.07, 6.45) is 1.24. The Balaban J connectivity index is 1.40. The van der Waals surface area contributed by atoms with E-state index in [-0.39, 0.29) is 30.3 Å². The van der Waals surface area contributed by atoms with Crippen LogP contribution in [-0.4, -0.2) is 41.2 Å². The van der Waals surface area contributed by atoms with Crippen LogP contribution in [0.15, 0.2) is 84.9 Å². The molecule has 0 spiro atoms. The minimum atomic E-state index is -0.0398. The van der Waals surface area contributed by atoms with Crippen LogP contribution in [0.5, 0.6) is 0 Å². The summed E-state index contributed by atoms with van der Waals surface area (Å²) < 4.78 is 0. The van der Waals surface area contributed by atoms with Gasteiger partial charge in [-0.05, 0) is 28.7 Å². The maximum atomic E-state index is 13.4. The zero-order valence-electron chi connectivity index (χ0n) is 17.5. The van der Waals surface area contributed by atoms with Crippen molar-refractivity contribution in [1.29, 1.82) is 0 Å². The largest absolute Gasteiger partial charge is 0.332 e. The number of fused-ring (bicyclic) bond motifs is 3. The number of carbonyl (C=O) groups is 2. The third kappa shape index (κ3) is 3.86. The lowest BCUT2D eigenvalue weighted by Gasteiger charge is -2.44. The monoisotopic (exact) mass is 410 g/mol. The molecule has 2 aliphatic rings. The number of rotatable bonds is 4. The van der Waals surface area contributed by atoms with Gasteiger partial charge in [0.05, 0.1) is 12.6 Å². The summed E-state index contributed by atoms with van der Waals surface area (Å²) in [5.41, 5.74) is 4.71. The first-order valence-corrected chi connectivity index (χ1v) is 11.0. The van der Waals surface area contributed by atoms with Crippen molar-refractivity contribution in [2.75, 3.05) is 19.6 Å². The lowest BCUT2D eigenvalue weighted by molar-refractivity contribution is -0.149. The Hall–Kier alpha value is -3.40.